The summed E-state index contributed by atoms with van der Waals surface area (Å²) < 4.78 is 10.4. The normalized spacial score (nSPS) is 17.7. The van der Waals surface area contributed by atoms with Crippen LogP contribution in [-0.4, -0.2) is 26.0 Å². The molecule has 0 heterocycles. The van der Waals surface area contributed by atoms with Gasteiger partial charge in [-0.15, -0.1) is 0 Å². The molecule has 142 valence electrons. The lowest BCUT2D eigenvalue weighted by Gasteiger charge is -2.10. The number of halogens is 1. The summed E-state index contributed by atoms with van der Waals surface area (Å²) in [5.74, 6) is 0.219. The minimum Gasteiger partial charge on any atom is -0.493 e. The number of benzene rings is 2. The first-order chi connectivity index (χ1) is 13.0. The van der Waals surface area contributed by atoms with E-state index < -0.39 is 0 Å². The summed E-state index contributed by atoms with van der Waals surface area (Å²) in [6, 6.07) is 12.4. The Hall–Kier alpha value is -2.73. The summed E-state index contributed by atoms with van der Waals surface area (Å²) in [6.07, 6.45) is 0.547. The largest absolute Gasteiger partial charge is 0.493 e. The number of carbonyl (C=O) groups excluding carboxylic acids is 2. The number of anilines is 1. The number of rotatable bonds is 7. The highest BCUT2D eigenvalue weighted by Crippen LogP contribution is 2.40. The van der Waals surface area contributed by atoms with E-state index in [0.29, 0.717) is 35.2 Å². The molecule has 0 radical (unpaired) electrons. The average Bonchev–Trinajstić information content (AvgIpc) is 3.48. The van der Waals surface area contributed by atoms with Gasteiger partial charge in [0.1, 0.15) is 0 Å². The quantitative estimate of drug-likeness (QED) is 0.763. The van der Waals surface area contributed by atoms with Gasteiger partial charge in [-0.3, -0.25) is 9.59 Å². The molecule has 1 saturated carbocycles. The van der Waals surface area contributed by atoms with Crippen molar-refractivity contribution >= 4 is 29.1 Å². The molecule has 0 aromatic heterocycles. The number of carbonyl (C=O) groups is 2. The molecule has 2 unspecified atom stereocenters. The van der Waals surface area contributed by atoms with E-state index in [1.165, 1.54) is 7.11 Å². The van der Waals surface area contributed by atoms with Crippen molar-refractivity contribution in [2.24, 2.45) is 11.8 Å². The van der Waals surface area contributed by atoms with Crippen LogP contribution in [0.1, 0.15) is 12.0 Å². The van der Waals surface area contributed by atoms with Crippen LogP contribution in [0.4, 0.5) is 5.69 Å². The fourth-order valence-electron chi connectivity index (χ4n) is 2.85. The zero-order valence-corrected chi connectivity index (χ0v) is 15.9. The first kappa shape index (κ1) is 19.0. The molecule has 2 atom stereocenters. The summed E-state index contributed by atoms with van der Waals surface area (Å²) in [6.45, 7) is 0.413. The van der Waals surface area contributed by atoms with Gasteiger partial charge in [-0.05, 0) is 36.2 Å². The second kappa shape index (κ2) is 8.31. The van der Waals surface area contributed by atoms with Crippen LogP contribution in [0.15, 0.2) is 42.5 Å². The van der Waals surface area contributed by atoms with Crippen LogP contribution in [0.25, 0.3) is 0 Å². The number of nitrogens with one attached hydrogen (secondary N) is 2. The lowest BCUT2D eigenvalue weighted by molar-refractivity contribution is -0.125. The van der Waals surface area contributed by atoms with E-state index in [2.05, 4.69) is 10.6 Å². The Morgan fingerprint density at radius 2 is 1.67 bits per heavy atom. The molecule has 0 spiro atoms. The van der Waals surface area contributed by atoms with E-state index >= 15 is 0 Å². The molecule has 3 rings (SSSR count). The fraction of sp³-hybridized carbons (Fsp3) is 0.300. The van der Waals surface area contributed by atoms with Crippen molar-refractivity contribution < 1.29 is 19.1 Å². The molecular formula is C20H21ClN2O4. The van der Waals surface area contributed by atoms with Crippen molar-refractivity contribution in [2.45, 2.75) is 13.0 Å². The second-order valence-corrected chi connectivity index (χ2v) is 6.79. The molecule has 7 heteroatoms. The molecule has 2 aromatic rings. The monoisotopic (exact) mass is 388 g/mol. The van der Waals surface area contributed by atoms with E-state index in [4.69, 9.17) is 21.1 Å². The van der Waals surface area contributed by atoms with Crippen molar-refractivity contribution in [3.05, 3.63) is 53.1 Å². The molecule has 1 fully saturated rings. The standard InChI is InChI=1S/C20H21ClN2O4/c1-26-17-8-7-14(9-18(17)27-2)23-20(25)16-10-15(16)19(24)22-11-12-3-5-13(21)6-4-12/h3-9,15-16H,10-11H2,1-2H3,(H,22,24)(H,23,25). The summed E-state index contributed by atoms with van der Waals surface area (Å²) in [4.78, 5) is 24.6. The fourth-order valence-corrected chi connectivity index (χ4v) is 2.97. The van der Waals surface area contributed by atoms with Gasteiger partial charge in [0.25, 0.3) is 0 Å². The van der Waals surface area contributed by atoms with E-state index in [9.17, 15) is 9.59 Å². The van der Waals surface area contributed by atoms with E-state index in [1.807, 2.05) is 12.1 Å². The first-order valence-electron chi connectivity index (χ1n) is 8.57. The van der Waals surface area contributed by atoms with Crippen LogP contribution in [0.2, 0.25) is 5.02 Å². The van der Waals surface area contributed by atoms with Gasteiger partial charge in [-0.2, -0.15) is 0 Å². The van der Waals surface area contributed by atoms with E-state index in [-0.39, 0.29) is 23.7 Å². The van der Waals surface area contributed by atoms with Gasteiger partial charge in [-0.25, -0.2) is 0 Å². The Balaban J connectivity index is 1.51. The van der Waals surface area contributed by atoms with Crippen LogP contribution >= 0.6 is 11.6 Å². The maximum Gasteiger partial charge on any atom is 0.228 e. The Bertz CT molecular complexity index is 838. The topological polar surface area (TPSA) is 76.7 Å². The molecule has 2 aromatic carbocycles. The lowest BCUT2D eigenvalue weighted by Crippen LogP contribution is -2.27. The SMILES string of the molecule is COc1ccc(NC(=O)C2CC2C(=O)NCc2ccc(Cl)cc2)cc1OC. The highest BCUT2D eigenvalue weighted by atomic mass is 35.5. The minimum atomic E-state index is -0.316. The maximum absolute atomic E-state index is 12.4. The van der Waals surface area contributed by atoms with Crippen LogP contribution in [0.5, 0.6) is 11.5 Å². The molecule has 0 aliphatic heterocycles. The smallest absolute Gasteiger partial charge is 0.228 e. The van der Waals surface area contributed by atoms with Gasteiger partial charge < -0.3 is 20.1 Å². The summed E-state index contributed by atoms with van der Waals surface area (Å²) in [7, 11) is 3.08. The molecule has 27 heavy (non-hydrogen) atoms. The molecular weight excluding hydrogens is 368 g/mol. The first-order valence-corrected chi connectivity index (χ1v) is 8.94. The average molecular weight is 389 g/mol. The molecule has 1 aliphatic carbocycles. The van der Waals surface area contributed by atoms with Crippen LogP contribution in [0.3, 0.4) is 0 Å². The third-order valence-corrected chi connectivity index (χ3v) is 4.75. The zero-order valence-electron chi connectivity index (χ0n) is 15.1. The summed E-state index contributed by atoms with van der Waals surface area (Å²) >= 11 is 5.84. The number of hydrogen-bond acceptors (Lipinski definition) is 4. The van der Waals surface area contributed by atoms with Gasteiger partial charge >= 0.3 is 0 Å². The molecule has 0 bridgehead atoms. The van der Waals surface area contributed by atoms with Gasteiger partial charge in [-0.1, -0.05) is 23.7 Å². The molecule has 2 N–H and O–H groups in total. The highest BCUT2D eigenvalue weighted by Gasteiger charge is 2.47. The van der Waals surface area contributed by atoms with Gasteiger partial charge in [0, 0.05) is 23.3 Å². The van der Waals surface area contributed by atoms with Crippen LogP contribution in [-0.2, 0) is 16.1 Å². The molecule has 1 aliphatic rings. The third kappa shape index (κ3) is 4.71. The number of hydrogen-bond donors (Lipinski definition) is 2. The van der Waals surface area contributed by atoms with Crippen LogP contribution in [0, 0.1) is 11.8 Å². The second-order valence-electron chi connectivity index (χ2n) is 6.35. The zero-order chi connectivity index (χ0) is 19.4. The van der Waals surface area contributed by atoms with Crippen LogP contribution < -0.4 is 20.1 Å². The molecule has 2 amide bonds. The predicted molar refractivity (Wildman–Crippen MR) is 103 cm³/mol. The number of methoxy groups -OCH3 is 2. The highest BCUT2D eigenvalue weighted by molar-refractivity contribution is 6.30. The number of ether oxygens (including phenoxy) is 2. The van der Waals surface area contributed by atoms with Gasteiger partial charge in [0.2, 0.25) is 11.8 Å². The van der Waals surface area contributed by atoms with Crippen molar-refractivity contribution in [3.8, 4) is 11.5 Å². The van der Waals surface area contributed by atoms with Crippen molar-refractivity contribution in [1.29, 1.82) is 0 Å². The van der Waals surface area contributed by atoms with Gasteiger partial charge in [0.05, 0.1) is 26.1 Å². The lowest BCUT2D eigenvalue weighted by atomic mass is 10.2. The molecule has 6 nitrogen and oxygen atoms in total. The Labute approximate surface area is 162 Å². The maximum atomic E-state index is 12.4. The summed E-state index contributed by atoms with van der Waals surface area (Å²) in [5, 5.41) is 6.34. The number of amides is 2. The third-order valence-electron chi connectivity index (χ3n) is 4.50. The van der Waals surface area contributed by atoms with E-state index in [0.717, 1.165) is 5.56 Å². The van der Waals surface area contributed by atoms with Crippen molar-refractivity contribution in [1.82, 2.24) is 5.32 Å². The Morgan fingerprint density at radius 3 is 2.33 bits per heavy atom. The van der Waals surface area contributed by atoms with Crippen molar-refractivity contribution in [2.75, 3.05) is 19.5 Å². The minimum absolute atomic E-state index is 0.114. The van der Waals surface area contributed by atoms with Gasteiger partial charge in [0.15, 0.2) is 11.5 Å². The molecule has 0 saturated heterocycles. The van der Waals surface area contributed by atoms with Crippen molar-refractivity contribution in [3.63, 3.8) is 0 Å². The Morgan fingerprint density at radius 1 is 1.00 bits per heavy atom. The Kier molecular flexibility index (Phi) is 5.86. The summed E-state index contributed by atoms with van der Waals surface area (Å²) in [5.41, 5.74) is 1.56. The predicted octanol–water partition coefficient (Wildman–Crippen LogP) is 3.25. The van der Waals surface area contributed by atoms with E-state index in [1.54, 1.807) is 37.4 Å².